The van der Waals surface area contributed by atoms with Gasteiger partial charge in [0.15, 0.2) is 0 Å². The molecule has 7 heteroatoms. The topological polar surface area (TPSA) is 75.6 Å². The number of amides is 2. The molecule has 1 aliphatic rings. The Kier molecular flexibility index (Phi) is 6.13. The number of aromatic nitrogens is 1. The number of ether oxygens (including phenoxy) is 1. The zero-order valence-electron chi connectivity index (χ0n) is 16.2. The predicted molar refractivity (Wildman–Crippen MR) is 106 cm³/mol. The largest absolute Gasteiger partial charge is 0.375 e. The van der Waals surface area contributed by atoms with Crippen LogP contribution in [-0.2, 0) is 20.9 Å². The van der Waals surface area contributed by atoms with E-state index in [2.05, 4.69) is 10.6 Å². The molecule has 2 amide bonds. The molecule has 2 N–H and O–H groups in total. The van der Waals surface area contributed by atoms with Crippen LogP contribution in [0.15, 0.2) is 30.5 Å². The van der Waals surface area contributed by atoms with Crippen LogP contribution >= 0.6 is 0 Å². The van der Waals surface area contributed by atoms with Gasteiger partial charge >= 0.3 is 0 Å². The van der Waals surface area contributed by atoms with Gasteiger partial charge in [-0.15, -0.1) is 0 Å². The molecule has 0 spiro atoms. The van der Waals surface area contributed by atoms with Crippen molar-refractivity contribution < 1.29 is 14.3 Å². The Morgan fingerprint density at radius 1 is 1.30 bits per heavy atom. The number of carbonyl (C=O) groups excluding carboxylic acids is 2. The summed E-state index contributed by atoms with van der Waals surface area (Å²) in [5.74, 6) is 0.00457. The molecular formula is C20H28N4O3. The van der Waals surface area contributed by atoms with E-state index in [0.29, 0.717) is 32.8 Å². The van der Waals surface area contributed by atoms with Gasteiger partial charge in [0, 0.05) is 42.4 Å². The third-order valence-corrected chi connectivity index (χ3v) is 5.06. The van der Waals surface area contributed by atoms with E-state index in [1.165, 1.54) is 0 Å². The minimum atomic E-state index is -0.356. The van der Waals surface area contributed by atoms with Crippen LogP contribution in [0.4, 0.5) is 5.69 Å². The molecule has 1 fully saturated rings. The molecule has 146 valence electrons. The second-order valence-corrected chi connectivity index (χ2v) is 6.78. The first-order valence-electron chi connectivity index (χ1n) is 9.56. The number of fused-ring (bicyclic) bond motifs is 1. The van der Waals surface area contributed by atoms with Gasteiger partial charge < -0.3 is 24.8 Å². The fraction of sp³-hybridized carbons (Fsp3) is 0.500. The van der Waals surface area contributed by atoms with Gasteiger partial charge in [0.1, 0.15) is 12.6 Å². The molecule has 27 heavy (non-hydrogen) atoms. The highest BCUT2D eigenvalue weighted by molar-refractivity contribution is 5.97. The Balaban J connectivity index is 1.71. The van der Waals surface area contributed by atoms with Crippen LogP contribution in [0.5, 0.6) is 0 Å². The monoisotopic (exact) mass is 372 g/mol. The standard InChI is InChI=1S/C20H28N4O3/c1-4-23(5-2)18(25)13-24-10-8-15-12-16(6-7-17(15)24)22-20(26)19-14(3)27-11-9-21-19/h6-8,10,12,14,19,21H,4-5,9,11,13H2,1-3H3,(H,22,26)/t14-,19+/m1/s1. The molecule has 1 aromatic carbocycles. The fourth-order valence-electron chi connectivity index (χ4n) is 3.49. The van der Waals surface area contributed by atoms with Crippen LogP contribution in [0.1, 0.15) is 20.8 Å². The summed E-state index contributed by atoms with van der Waals surface area (Å²) in [6, 6.07) is 7.35. The van der Waals surface area contributed by atoms with E-state index in [1.807, 2.05) is 60.7 Å². The molecular weight excluding hydrogens is 344 g/mol. The van der Waals surface area contributed by atoms with Gasteiger partial charge in [-0.25, -0.2) is 0 Å². The molecule has 0 radical (unpaired) electrons. The Hall–Kier alpha value is -2.38. The summed E-state index contributed by atoms with van der Waals surface area (Å²) in [6.07, 6.45) is 1.76. The summed E-state index contributed by atoms with van der Waals surface area (Å²) < 4.78 is 7.48. The van der Waals surface area contributed by atoms with Crippen molar-refractivity contribution in [3.05, 3.63) is 30.5 Å². The molecule has 1 aromatic heterocycles. The molecule has 0 saturated carbocycles. The lowest BCUT2D eigenvalue weighted by atomic mass is 10.1. The molecule has 1 aliphatic heterocycles. The van der Waals surface area contributed by atoms with E-state index in [-0.39, 0.29) is 24.0 Å². The average Bonchev–Trinajstić information content (AvgIpc) is 3.05. The van der Waals surface area contributed by atoms with Gasteiger partial charge in [-0.1, -0.05) is 0 Å². The quantitative estimate of drug-likeness (QED) is 0.811. The lowest BCUT2D eigenvalue weighted by molar-refractivity contribution is -0.131. The molecule has 0 aliphatic carbocycles. The second-order valence-electron chi connectivity index (χ2n) is 6.78. The fourth-order valence-corrected chi connectivity index (χ4v) is 3.49. The van der Waals surface area contributed by atoms with Crippen LogP contribution in [0.25, 0.3) is 10.9 Å². The average molecular weight is 372 g/mol. The van der Waals surface area contributed by atoms with Crippen LogP contribution in [0, 0.1) is 0 Å². The molecule has 0 unspecified atom stereocenters. The van der Waals surface area contributed by atoms with Crippen molar-refractivity contribution in [2.45, 2.75) is 39.5 Å². The summed E-state index contributed by atoms with van der Waals surface area (Å²) in [7, 11) is 0. The molecule has 2 aromatic rings. The van der Waals surface area contributed by atoms with Gasteiger partial charge in [0.05, 0.1) is 12.7 Å². The van der Waals surface area contributed by atoms with Crippen molar-refractivity contribution in [3.8, 4) is 0 Å². The number of nitrogens with one attached hydrogen (secondary N) is 2. The number of morpholine rings is 1. The smallest absolute Gasteiger partial charge is 0.244 e. The maximum atomic E-state index is 12.5. The van der Waals surface area contributed by atoms with Crippen molar-refractivity contribution in [1.29, 1.82) is 0 Å². The van der Waals surface area contributed by atoms with E-state index < -0.39 is 0 Å². The zero-order valence-corrected chi connectivity index (χ0v) is 16.2. The van der Waals surface area contributed by atoms with Crippen LogP contribution in [-0.4, -0.2) is 59.7 Å². The van der Waals surface area contributed by atoms with Crippen molar-refractivity contribution in [2.75, 3.05) is 31.6 Å². The molecule has 1 saturated heterocycles. The number of hydrogen-bond donors (Lipinski definition) is 2. The van der Waals surface area contributed by atoms with Gasteiger partial charge in [-0.3, -0.25) is 9.59 Å². The minimum Gasteiger partial charge on any atom is -0.375 e. The van der Waals surface area contributed by atoms with Gasteiger partial charge in [0.25, 0.3) is 0 Å². The number of rotatable bonds is 6. The van der Waals surface area contributed by atoms with E-state index in [1.54, 1.807) is 0 Å². The highest BCUT2D eigenvalue weighted by Gasteiger charge is 2.28. The Labute approximate surface area is 159 Å². The lowest BCUT2D eigenvalue weighted by Gasteiger charge is -2.29. The third kappa shape index (κ3) is 4.31. The van der Waals surface area contributed by atoms with Crippen molar-refractivity contribution >= 4 is 28.4 Å². The van der Waals surface area contributed by atoms with Gasteiger partial charge in [-0.05, 0) is 45.0 Å². The highest BCUT2D eigenvalue weighted by Crippen LogP contribution is 2.21. The van der Waals surface area contributed by atoms with E-state index in [9.17, 15) is 9.59 Å². The summed E-state index contributed by atoms with van der Waals surface area (Å²) >= 11 is 0. The predicted octanol–water partition coefficient (Wildman–Crippen LogP) is 1.83. The first-order valence-corrected chi connectivity index (χ1v) is 9.56. The lowest BCUT2D eigenvalue weighted by Crippen LogP contribution is -2.53. The number of carbonyl (C=O) groups is 2. The summed E-state index contributed by atoms with van der Waals surface area (Å²) in [5, 5.41) is 7.13. The van der Waals surface area contributed by atoms with Crippen molar-refractivity contribution in [3.63, 3.8) is 0 Å². The van der Waals surface area contributed by atoms with Crippen LogP contribution < -0.4 is 10.6 Å². The Morgan fingerprint density at radius 3 is 2.78 bits per heavy atom. The van der Waals surface area contributed by atoms with Gasteiger partial charge in [-0.2, -0.15) is 0 Å². The SMILES string of the molecule is CCN(CC)C(=O)Cn1ccc2cc(NC(=O)[C@H]3NCCO[C@@H]3C)ccc21. The third-order valence-electron chi connectivity index (χ3n) is 5.06. The number of benzene rings is 1. The normalized spacial score (nSPS) is 19.8. The number of likely N-dealkylation sites (N-methyl/N-ethyl adjacent to an activating group) is 1. The maximum absolute atomic E-state index is 12.5. The number of anilines is 1. The summed E-state index contributed by atoms with van der Waals surface area (Å²) in [4.78, 5) is 26.7. The zero-order chi connectivity index (χ0) is 19.4. The minimum absolute atomic E-state index is 0.0994. The molecule has 7 nitrogen and oxygen atoms in total. The molecule has 0 bridgehead atoms. The summed E-state index contributed by atoms with van der Waals surface area (Å²) in [5.41, 5.74) is 1.71. The van der Waals surface area contributed by atoms with E-state index in [0.717, 1.165) is 16.6 Å². The Bertz CT molecular complexity index is 813. The first-order chi connectivity index (χ1) is 13.0. The van der Waals surface area contributed by atoms with E-state index >= 15 is 0 Å². The highest BCUT2D eigenvalue weighted by atomic mass is 16.5. The van der Waals surface area contributed by atoms with E-state index in [4.69, 9.17) is 4.74 Å². The molecule has 2 heterocycles. The van der Waals surface area contributed by atoms with Crippen LogP contribution in [0.2, 0.25) is 0 Å². The number of hydrogen-bond acceptors (Lipinski definition) is 4. The molecule has 3 rings (SSSR count). The molecule has 2 atom stereocenters. The van der Waals surface area contributed by atoms with Gasteiger partial charge in [0.2, 0.25) is 11.8 Å². The van der Waals surface area contributed by atoms with Crippen molar-refractivity contribution in [1.82, 2.24) is 14.8 Å². The Morgan fingerprint density at radius 2 is 2.07 bits per heavy atom. The number of nitrogens with zero attached hydrogens (tertiary/aromatic N) is 2. The first kappa shape index (κ1) is 19.4. The van der Waals surface area contributed by atoms with Crippen molar-refractivity contribution in [2.24, 2.45) is 0 Å². The summed E-state index contributed by atoms with van der Waals surface area (Å²) in [6.45, 7) is 8.89. The maximum Gasteiger partial charge on any atom is 0.244 e. The van der Waals surface area contributed by atoms with Crippen LogP contribution in [0.3, 0.4) is 0 Å². The second kappa shape index (κ2) is 8.54.